The summed E-state index contributed by atoms with van der Waals surface area (Å²) in [6.07, 6.45) is 0. The smallest absolute Gasteiger partial charge is 0.230 e. The van der Waals surface area contributed by atoms with Crippen LogP contribution in [-0.4, -0.2) is 30.0 Å². The summed E-state index contributed by atoms with van der Waals surface area (Å²) in [6.45, 7) is 6.71. The molecule has 1 atom stereocenters. The van der Waals surface area contributed by atoms with Crippen molar-refractivity contribution in [1.29, 1.82) is 0 Å². The van der Waals surface area contributed by atoms with Crippen LogP contribution in [0.3, 0.4) is 0 Å². The first-order valence-corrected chi connectivity index (χ1v) is 5.79. The predicted molar refractivity (Wildman–Crippen MR) is 58.8 cm³/mol. The van der Waals surface area contributed by atoms with E-state index in [4.69, 9.17) is 5.73 Å². The van der Waals surface area contributed by atoms with Crippen molar-refractivity contribution in [2.45, 2.75) is 26.8 Å². The van der Waals surface area contributed by atoms with Gasteiger partial charge < -0.3 is 11.1 Å². The summed E-state index contributed by atoms with van der Waals surface area (Å²) in [5, 5.41) is 2.84. The van der Waals surface area contributed by atoms with Crippen LogP contribution in [0.15, 0.2) is 0 Å². The molecule has 1 amide bonds. The lowest BCUT2D eigenvalue weighted by atomic mass is 10.2. The fraction of sp³-hybridized carbons (Fsp3) is 0.889. The molecule has 0 aliphatic heterocycles. The van der Waals surface area contributed by atoms with E-state index >= 15 is 0 Å². The fourth-order valence-corrected chi connectivity index (χ4v) is 1.71. The molecule has 0 spiro atoms. The number of amides is 1. The minimum Gasteiger partial charge on any atom is -0.353 e. The lowest BCUT2D eigenvalue weighted by Gasteiger charge is -2.09. The van der Waals surface area contributed by atoms with Crippen molar-refractivity contribution in [2.75, 3.05) is 18.1 Å². The van der Waals surface area contributed by atoms with Crippen LogP contribution >= 0.6 is 11.8 Å². The van der Waals surface area contributed by atoms with Gasteiger partial charge in [0.1, 0.15) is 0 Å². The molecule has 0 aliphatic rings. The van der Waals surface area contributed by atoms with Gasteiger partial charge in [0.05, 0.1) is 5.75 Å². The summed E-state index contributed by atoms with van der Waals surface area (Å²) in [5.41, 5.74) is 5.46. The number of nitrogens with two attached hydrogens (primary N) is 1. The zero-order chi connectivity index (χ0) is 10.3. The van der Waals surface area contributed by atoms with Crippen LogP contribution in [0.4, 0.5) is 0 Å². The number of carbonyl (C=O) groups is 1. The molecule has 0 saturated carbocycles. The molecule has 0 heterocycles. The van der Waals surface area contributed by atoms with E-state index in [9.17, 15) is 4.79 Å². The van der Waals surface area contributed by atoms with Gasteiger partial charge in [-0.05, 0) is 32.1 Å². The fourth-order valence-electron chi connectivity index (χ4n) is 0.784. The van der Waals surface area contributed by atoms with Crippen LogP contribution in [0.1, 0.15) is 20.8 Å². The Morgan fingerprint density at radius 2 is 2.08 bits per heavy atom. The van der Waals surface area contributed by atoms with Crippen molar-refractivity contribution in [3.63, 3.8) is 0 Å². The van der Waals surface area contributed by atoms with Gasteiger partial charge in [0.15, 0.2) is 0 Å². The normalized spacial score (nSPS) is 13.0. The highest BCUT2D eigenvalue weighted by Gasteiger charge is 2.04. The van der Waals surface area contributed by atoms with Crippen molar-refractivity contribution >= 4 is 17.7 Å². The van der Waals surface area contributed by atoms with Gasteiger partial charge in [-0.3, -0.25) is 4.79 Å². The molecular weight excluding hydrogens is 184 g/mol. The second-order valence-corrected chi connectivity index (χ2v) is 4.61. The average Bonchev–Trinajstić information content (AvgIpc) is 2.02. The summed E-state index contributed by atoms with van der Waals surface area (Å²) >= 11 is 1.64. The van der Waals surface area contributed by atoms with Gasteiger partial charge in [0, 0.05) is 6.04 Å². The van der Waals surface area contributed by atoms with Crippen LogP contribution in [0.2, 0.25) is 0 Å². The number of hydrogen-bond acceptors (Lipinski definition) is 3. The highest BCUT2D eigenvalue weighted by molar-refractivity contribution is 7.99. The largest absolute Gasteiger partial charge is 0.353 e. The molecule has 4 heteroatoms. The molecule has 1 unspecified atom stereocenters. The summed E-state index contributed by atoms with van der Waals surface area (Å²) < 4.78 is 0. The molecule has 13 heavy (non-hydrogen) atoms. The van der Waals surface area contributed by atoms with E-state index < -0.39 is 0 Å². The van der Waals surface area contributed by atoms with Crippen LogP contribution in [-0.2, 0) is 4.79 Å². The maximum Gasteiger partial charge on any atom is 0.230 e. The number of hydrogen-bond donors (Lipinski definition) is 2. The third kappa shape index (κ3) is 8.12. The van der Waals surface area contributed by atoms with E-state index in [0.717, 1.165) is 5.75 Å². The first-order valence-electron chi connectivity index (χ1n) is 4.63. The molecular formula is C9H20N2OS. The Hall–Kier alpha value is -0.220. The number of thioether (sulfide) groups is 1. The zero-order valence-electron chi connectivity index (χ0n) is 8.67. The van der Waals surface area contributed by atoms with Crippen molar-refractivity contribution in [3.8, 4) is 0 Å². The second kappa shape index (κ2) is 7.21. The lowest BCUT2D eigenvalue weighted by molar-refractivity contribution is -0.119. The summed E-state index contributed by atoms with van der Waals surface area (Å²) in [6, 6.07) is 0.236. The van der Waals surface area contributed by atoms with E-state index in [2.05, 4.69) is 12.2 Å². The molecule has 3 N–H and O–H groups in total. The van der Waals surface area contributed by atoms with E-state index in [1.807, 2.05) is 13.8 Å². The van der Waals surface area contributed by atoms with Crippen LogP contribution in [0.25, 0.3) is 0 Å². The Bertz CT molecular complexity index is 151. The summed E-state index contributed by atoms with van der Waals surface area (Å²) in [5.74, 6) is 2.12. The molecule has 0 radical (unpaired) electrons. The van der Waals surface area contributed by atoms with E-state index in [1.54, 1.807) is 11.8 Å². The van der Waals surface area contributed by atoms with Gasteiger partial charge in [-0.1, -0.05) is 6.92 Å². The first-order chi connectivity index (χ1) is 6.06. The Balaban J connectivity index is 3.37. The van der Waals surface area contributed by atoms with E-state index in [0.29, 0.717) is 18.2 Å². The SMILES string of the molecule is CC(CN)CSCC(=O)NC(C)C. The van der Waals surface area contributed by atoms with Crippen LogP contribution < -0.4 is 11.1 Å². The quantitative estimate of drug-likeness (QED) is 0.674. The molecule has 0 saturated heterocycles. The molecule has 0 fully saturated rings. The lowest BCUT2D eigenvalue weighted by Crippen LogP contribution is -2.31. The van der Waals surface area contributed by atoms with E-state index in [1.165, 1.54) is 0 Å². The van der Waals surface area contributed by atoms with Crippen LogP contribution in [0.5, 0.6) is 0 Å². The zero-order valence-corrected chi connectivity index (χ0v) is 9.49. The van der Waals surface area contributed by atoms with Gasteiger partial charge in [-0.25, -0.2) is 0 Å². The van der Waals surface area contributed by atoms with Crippen LogP contribution in [0, 0.1) is 5.92 Å². The Labute approximate surface area is 84.8 Å². The molecule has 0 bridgehead atoms. The average molecular weight is 204 g/mol. The van der Waals surface area contributed by atoms with Crippen molar-refractivity contribution in [1.82, 2.24) is 5.32 Å². The molecule has 0 rings (SSSR count). The highest BCUT2D eigenvalue weighted by Crippen LogP contribution is 2.06. The molecule has 0 aromatic heterocycles. The standard InChI is InChI=1S/C9H20N2OS/c1-7(2)11-9(12)6-13-5-8(3)4-10/h7-8H,4-6,10H2,1-3H3,(H,11,12). The maximum atomic E-state index is 11.2. The van der Waals surface area contributed by atoms with E-state index in [-0.39, 0.29) is 11.9 Å². The molecule has 3 nitrogen and oxygen atoms in total. The second-order valence-electron chi connectivity index (χ2n) is 3.58. The summed E-state index contributed by atoms with van der Waals surface area (Å²) in [7, 11) is 0. The Morgan fingerprint density at radius 3 is 2.54 bits per heavy atom. The molecule has 0 aromatic rings. The van der Waals surface area contributed by atoms with Gasteiger partial charge in [-0.15, -0.1) is 0 Å². The predicted octanol–water partition coefficient (Wildman–Crippen LogP) is 0.839. The number of carbonyl (C=O) groups excluding carboxylic acids is 1. The minimum absolute atomic E-state index is 0.115. The first kappa shape index (κ1) is 12.8. The van der Waals surface area contributed by atoms with Gasteiger partial charge in [0.2, 0.25) is 5.91 Å². The number of rotatable bonds is 6. The van der Waals surface area contributed by atoms with Gasteiger partial charge in [-0.2, -0.15) is 11.8 Å². The monoisotopic (exact) mass is 204 g/mol. The highest BCUT2D eigenvalue weighted by atomic mass is 32.2. The Morgan fingerprint density at radius 1 is 1.46 bits per heavy atom. The van der Waals surface area contributed by atoms with Crippen molar-refractivity contribution in [2.24, 2.45) is 11.7 Å². The Kier molecular flexibility index (Phi) is 7.09. The minimum atomic E-state index is 0.115. The molecule has 78 valence electrons. The van der Waals surface area contributed by atoms with Crippen molar-refractivity contribution < 1.29 is 4.79 Å². The molecule has 0 aliphatic carbocycles. The third-order valence-electron chi connectivity index (χ3n) is 1.49. The summed E-state index contributed by atoms with van der Waals surface area (Å²) in [4.78, 5) is 11.2. The topological polar surface area (TPSA) is 55.1 Å². The molecule has 0 aromatic carbocycles. The van der Waals surface area contributed by atoms with Gasteiger partial charge in [0.25, 0.3) is 0 Å². The maximum absolute atomic E-state index is 11.2. The number of nitrogens with one attached hydrogen (secondary N) is 1. The third-order valence-corrected chi connectivity index (χ3v) is 2.76. The van der Waals surface area contributed by atoms with Gasteiger partial charge >= 0.3 is 0 Å². The van der Waals surface area contributed by atoms with Crippen molar-refractivity contribution in [3.05, 3.63) is 0 Å².